The summed E-state index contributed by atoms with van der Waals surface area (Å²) in [6.45, 7) is 3.18. The van der Waals surface area contributed by atoms with E-state index in [1.807, 2.05) is 4.90 Å². The molecule has 0 aliphatic carbocycles. The zero-order valence-electron chi connectivity index (χ0n) is 9.35. The summed E-state index contributed by atoms with van der Waals surface area (Å²) in [5.41, 5.74) is 5.38. The molecule has 1 aliphatic heterocycles. The second-order valence-corrected chi connectivity index (χ2v) is 4.14. The molecule has 0 aromatic heterocycles. The van der Waals surface area contributed by atoms with Crippen LogP contribution in [0.4, 0.5) is 0 Å². The Morgan fingerprint density at radius 1 is 1.67 bits per heavy atom. The Hall–Kier alpha value is -0.650. The van der Waals surface area contributed by atoms with E-state index in [0.29, 0.717) is 26.2 Å². The molecule has 0 aromatic rings. The molecule has 5 nitrogen and oxygen atoms in total. The fraction of sp³-hybridized carbons (Fsp3) is 0.900. The Bertz CT molecular complexity index is 211. The molecule has 1 atom stereocenters. The van der Waals surface area contributed by atoms with E-state index in [4.69, 9.17) is 5.73 Å². The molecule has 1 aliphatic rings. The number of amides is 1. The molecular weight excluding hydrogens is 194 g/mol. The molecule has 0 spiro atoms. The summed E-state index contributed by atoms with van der Waals surface area (Å²) in [6, 6.07) is 0. The number of hydrogen-bond acceptors (Lipinski definition) is 4. The molecule has 0 aromatic carbocycles. The van der Waals surface area contributed by atoms with Gasteiger partial charge in [-0.2, -0.15) is 0 Å². The predicted molar refractivity (Wildman–Crippen MR) is 58.4 cm³/mol. The lowest BCUT2D eigenvalue weighted by atomic mass is 10.3. The molecule has 15 heavy (non-hydrogen) atoms. The average molecular weight is 215 g/mol. The third-order valence-corrected chi connectivity index (χ3v) is 2.73. The van der Waals surface area contributed by atoms with Gasteiger partial charge in [0.15, 0.2) is 0 Å². The van der Waals surface area contributed by atoms with Crippen LogP contribution in [0.3, 0.4) is 0 Å². The monoisotopic (exact) mass is 215 g/mol. The number of aliphatic hydroxyl groups excluding tert-OH is 1. The van der Waals surface area contributed by atoms with Gasteiger partial charge in [-0.3, -0.25) is 9.69 Å². The lowest BCUT2D eigenvalue weighted by molar-refractivity contribution is -0.130. The zero-order chi connectivity index (χ0) is 11.3. The van der Waals surface area contributed by atoms with Gasteiger partial charge in [-0.1, -0.05) is 0 Å². The van der Waals surface area contributed by atoms with Crippen molar-refractivity contribution in [3.8, 4) is 0 Å². The molecule has 1 heterocycles. The molecule has 1 fully saturated rings. The Labute approximate surface area is 90.8 Å². The van der Waals surface area contributed by atoms with Gasteiger partial charge in [0.2, 0.25) is 5.91 Å². The minimum Gasteiger partial charge on any atom is -0.392 e. The number of likely N-dealkylation sites (N-methyl/N-ethyl adjacent to an activating group) is 1. The van der Waals surface area contributed by atoms with Gasteiger partial charge in [0, 0.05) is 26.7 Å². The van der Waals surface area contributed by atoms with Crippen LogP contribution in [0.5, 0.6) is 0 Å². The summed E-state index contributed by atoms with van der Waals surface area (Å²) < 4.78 is 0. The average Bonchev–Trinajstić information content (AvgIpc) is 2.60. The van der Waals surface area contributed by atoms with Crippen molar-refractivity contribution < 1.29 is 9.90 Å². The first-order valence-electron chi connectivity index (χ1n) is 5.48. The van der Waals surface area contributed by atoms with Gasteiger partial charge < -0.3 is 15.7 Å². The molecule has 88 valence electrons. The molecule has 1 amide bonds. The summed E-state index contributed by atoms with van der Waals surface area (Å²) in [5, 5.41) is 9.31. The quantitative estimate of drug-likeness (QED) is 0.608. The number of hydrogen-bond donors (Lipinski definition) is 2. The number of nitrogens with two attached hydrogens (primary N) is 1. The van der Waals surface area contributed by atoms with Crippen molar-refractivity contribution >= 4 is 5.91 Å². The van der Waals surface area contributed by atoms with Gasteiger partial charge in [-0.25, -0.2) is 0 Å². The van der Waals surface area contributed by atoms with E-state index in [1.165, 1.54) is 0 Å². The Balaban J connectivity index is 2.22. The number of nitrogens with zero attached hydrogens (tertiary/aromatic N) is 2. The highest BCUT2D eigenvalue weighted by Crippen LogP contribution is 2.08. The standard InChI is InChI=1S/C10H21N3O2/c1-12(5-2-4-11)10(15)8-13-6-3-9(14)7-13/h9,14H,2-8,11H2,1H3. The predicted octanol–water partition coefficient (Wildman–Crippen LogP) is -1.14. The zero-order valence-corrected chi connectivity index (χ0v) is 9.35. The van der Waals surface area contributed by atoms with Crippen LogP contribution in [-0.2, 0) is 4.79 Å². The van der Waals surface area contributed by atoms with E-state index in [-0.39, 0.29) is 12.0 Å². The van der Waals surface area contributed by atoms with Gasteiger partial charge in [-0.15, -0.1) is 0 Å². The van der Waals surface area contributed by atoms with Crippen molar-refractivity contribution in [2.75, 3.05) is 39.8 Å². The maximum Gasteiger partial charge on any atom is 0.236 e. The van der Waals surface area contributed by atoms with Crippen LogP contribution in [0.15, 0.2) is 0 Å². The highest BCUT2D eigenvalue weighted by molar-refractivity contribution is 5.78. The Kier molecular flexibility index (Phi) is 5.01. The Morgan fingerprint density at radius 2 is 2.40 bits per heavy atom. The van der Waals surface area contributed by atoms with Gasteiger partial charge in [-0.05, 0) is 19.4 Å². The summed E-state index contributed by atoms with van der Waals surface area (Å²) in [7, 11) is 1.80. The third kappa shape index (κ3) is 4.15. The molecule has 0 saturated carbocycles. The van der Waals surface area contributed by atoms with Crippen molar-refractivity contribution in [1.82, 2.24) is 9.80 Å². The second kappa shape index (κ2) is 6.05. The second-order valence-electron chi connectivity index (χ2n) is 4.14. The number of carbonyl (C=O) groups is 1. The van der Waals surface area contributed by atoms with Gasteiger partial charge in [0.05, 0.1) is 12.6 Å². The lowest BCUT2D eigenvalue weighted by Gasteiger charge is -2.21. The van der Waals surface area contributed by atoms with E-state index in [9.17, 15) is 9.90 Å². The van der Waals surface area contributed by atoms with E-state index >= 15 is 0 Å². The SMILES string of the molecule is CN(CCCN)C(=O)CN1CCC(O)C1. The number of aliphatic hydroxyl groups is 1. The summed E-state index contributed by atoms with van der Waals surface area (Å²) >= 11 is 0. The minimum atomic E-state index is -0.257. The number of likely N-dealkylation sites (tertiary alicyclic amines) is 1. The van der Waals surface area contributed by atoms with Gasteiger partial charge in [0.1, 0.15) is 0 Å². The fourth-order valence-corrected chi connectivity index (χ4v) is 1.72. The first kappa shape index (κ1) is 12.4. The van der Waals surface area contributed by atoms with Crippen molar-refractivity contribution in [2.45, 2.75) is 18.9 Å². The first-order valence-corrected chi connectivity index (χ1v) is 5.48. The molecule has 1 unspecified atom stereocenters. The van der Waals surface area contributed by atoms with E-state index in [0.717, 1.165) is 19.4 Å². The van der Waals surface area contributed by atoms with Crippen molar-refractivity contribution in [1.29, 1.82) is 0 Å². The smallest absolute Gasteiger partial charge is 0.236 e. The number of carbonyl (C=O) groups excluding carboxylic acids is 1. The highest BCUT2D eigenvalue weighted by atomic mass is 16.3. The number of rotatable bonds is 5. The third-order valence-electron chi connectivity index (χ3n) is 2.73. The van der Waals surface area contributed by atoms with Crippen molar-refractivity contribution in [3.63, 3.8) is 0 Å². The normalized spacial score (nSPS) is 21.9. The lowest BCUT2D eigenvalue weighted by Crippen LogP contribution is -2.38. The molecule has 0 bridgehead atoms. The van der Waals surface area contributed by atoms with Gasteiger partial charge in [0.25, 0.3) is 0 Å². The summed E-state index contributed by atoms with van der Waals surface area (Å²) in [5.74, 6) is 0.109. The van der Waals surface area contributed by atoms with Crippen LogP contribution < -0.4 is 5.73 Å². The topological polar surface area (TPSA) is 69.8 Å². The maximum atomic E-state index is 11.7. The summed E-state index contributed by atoms with van der Waals surface area (Å²) in [4.78, 5) is 15.4. The highest BCUT2D eigenvalue weighted by Gasteiger charge is 2.22. The van der Waals surface area contributed by atoms with E-state index in [2.05, 4.69) is 0 Å². The van der Waals surface area contributed by atoms with Gasteiger partial charge >= 0.3 is 0 Å². The maximum absolute atomic E-state index is 11.7. The molecule has 1 saturated heterocycles. The van der Waals surface area contributed by atoms with Crippen molar-refractivity contribution in [2.24, 2.45) is 5.73 Å². The molecule has 1 rings (SSSR count). The van der Waals surface area contributed by atoms with E-state index in [1.54, 1.807) is 11.9 Å². The fourth-order valence-electron chi connectivity index (χ4n) is 1.72. The molecule has 5 heteroatoms. The van der Waals surface area contributed by atoms with Crippen LogP contribution >= 0.6 is 0 Å². The molecular formula is C10H21N3O2. The summed E-state index contributed by atoms with van der Waals surface area (Å²) in [6.07, 6.45) is 1.36. The van der Waals surface area contributed by atoms with E-state index < -0.39 is 0 Å². The largest absolute Gasteiger partial charge is 0.392 e. The number of β-amino-alcohol motifs (C(OH)–C–C–N with tert-alkyl or cyclic N) is 1. The Morgan fingerprint density at radius 3 is 2.93 bits per heavy atom. The first-order chi connectivity index (χ1) is 7.13. The molecule has 3 N–H and O–H groups in total. The van der Waals surface area contributed by atoms with Crippen LogP contribution in [0.2, 0.25) is 0 Å². The van der Waals surface area contributed by atoms with Crippen LogP contribution in [0.25, 0.3) is 0 Å². The van der Waals surface area contributed by atoms with Crippen LogP contribution in [0.1, 0.15) is 12.8 Å². The van der Waals surface area contributed by atoms with Crippen LogP contribution in [0, 0.1) is 0 Å². The van der Waals surface area contributed by atoms with Crippen molar-refractivity contribution in [3.05, 3.63) is 0 Å². The van der Waals surface area contributed by atoms with Crippen LogP contribution in [-0.4, -0.2) is 66.7 Å². The molecule has 0 radical (unpaired) electrons. The minimum absolute atomic E-state index is 0.109.